The van der Waals surface area contributed by atoms with Gasteiger partial charge in [-0.15, -0.1) is 0 Å². The van der Waals surface area contributed by atoms with Gasteiger partial charge >= 0.3 is 0 Å². The first-order chi connectivity index (χ1) is 8.63. The van der Waals surface area contributed by atoms with Crippen LogP contribution in [0.2, 0.25) is 0 Å². The molecule has 0 aromatic carbocycles. The Bertz CT molecular complexity index is 463. The number of nitrogens with zero attached hydrogens (tertiary/aromatic N) is 4. The minimum absolute atomic E-state index is 0.388. The van der Waals surface area contributed by atoms with E-state index in [0.29, 0.717) is 11.6 Å². The van der Waals surface area contributed by atoms with Crippen molar-refractivity contribution in [3.8, 4) is 6.07 Å². The Balaban J connectivity index is 2.36. The first-order valence-corrected chi connectivity index (χ1v) is 6.44. The molecular formula is C14H20N4. The van der Waals surface area contributed by atoms with Crippen LogP contribution in [0.1, 0.15) is 24.5 Å². The quantitative estimate of drug-likeness (QED) is 0.755. The lowest BCUT2D eigenvalue weighted by Crippen LogP contribution is -2.38. The number of likely N-dealkylation sites (N-methyl/N-ethyl adjacent to an activating group) is 1. The normalized spacial score (nSPS) is 21.4. The molecule has 2 rings (SSSR count). The fourth-order valence-electron chi connectivity index (χ4n) is 2.59. The maximum absolute atomic E-state index is 9.31. The molecule has 2 heterocycles. The number of aryl methyl sites for hydroxylation is 1. The largest absolute Gasteiger partial charge is 0.351 e. The Morgan fingerprint density at radius 1 is 1.44 bits per heavy atom. The van der Waals surface area contributed by atoms with Crippen molar-refractivity contribution in [3.63, 3.8) is 0 Å². The third kappa shape index (κ3) is 2.46. The summed E-state index contributed by atoms with van der Waals surface area (Å²) in [6.45, 7) is 7.26. The fourth-order valence-corrected chi connectivity index (χ4v) is 2.59. The molecule has 1 aromatic rings. The van der Waals surface area contributed by atoms with Crippen molar-refractivity contribution in [3.05, 3.63) is 23.4 Å². The topological polar surface area (TPSA) is 43.2 Å². The van der Waals surface area contributed by atoms with Crippen molar-refractivity contribution in [2.75, 3.05) is 31.6 Å². The van der Waals surface area contributed by atoms with Gasteiger partial charge in [-0.05, 0) is 45.5 Å². The number of rotatable bonds is 1. The minimum atomic E-state index is 0.388. The van der Waals surface area contributed by atoms with Gasteiger partial charge < -0.3 is 9.80 Å². The Kier molecular flexibility index (Phi) is 3.83. The highest BCUT2D eigenvalue weighted by Crippen LogP contribution is 2.23. The van der Waals surface area contributed by atoms with Crippen LogP contribution in [0.3, 0.4) is 0 Å². The van der Waals surface area contributed by atoms with Crippen LogP contribution in [0.25, 0.3) is 0 Å². The highest BCUT2D eigenvalue weighted by molar-refractivity contribution is 5.57. The summed E-state index contributed by atoms with van der Waals surface area (Å²) in [5.74, 6) is 0.848. The monoisotopic (exact) mass is 244 g/mol. The Hall–Kier alpha value is -1.60. The van der Waals surface area contributed by atoms with Crippen LogP contribution in [0.5, 0.6) is 0 Å². The molecule has 1 aromatic heterocycles. The van der Waals surface area contributed by atoms with Gasteiger partial charge in [-0.25, -0.2) is 4.98 Å². The molecule has 96 valence electrons. The van der Waals surface area contributed by atoms with E-state index in [9.17, 15) is 5.26 Å². The van der Waals surface area contributed by atoms with Crippen molar-refractivity contribution < 1.29 is 0 Å². The second-order valence-electron chi connectivity index (χ2n) is 5.10. The van der Waals surface area contributed by atoms with Gasteiger partial charge in [0.05, 0.1) is 5.56 Å². The standard InChI is InChI=1S/C14H20N4/c1-11-5-6-16-14(13(11)9-15)18-8-4-7-17(3)10-12(18)2/h5-6,12H,4,7-8,10H2,1-3H3. The summed E-state index contributed by atoms with van der Waals surface area (Å²) in [4.78, 5) is 9.05. The molecule has 0 spiro atoms. The lowest BCUT2D eigenvalue weighted by atomic mass is 10.1. The molecule has 1 aliphatic rings. The smallest absolute Gasteiger partial charge is 0.147 e. The number of anilines is 1. The zero-order valence-corrected chi connectivity index (χ0v) is 11.3. The molecule has 0 aliphatic carbocycles. The minimum Gasteiger partial charge on any atom is -0.351 e. The van der Waals surface area contributed by atoms with E-state index < -0.39 is 0 Å². The van der Waals surface area contributed by atoms with E-state index in [1.807, 2.05) is 13.0 Å². The molecule has 4 heteroatoms. The zero-order valence-electron chi connectivity index (χ0n) is 11.3. The van der Waals surface area contributed by atoms with E-state index in [1.54, 1.807) is 6.20 Å². The molecular weight excluding hydrogens is 224 g/mol. The molecule has 18 heavy (non-hydrogen) atoms. The van der Waals surface area contributed by atoms with Crippen molar-refractivity contribution in [1.29, 1.82) is 5.26 Å². The molecule has 4 nitrogen and oxygen atoms in total. The zero-order chi connectivity index (χ0) is 13.1. The molecule has 0 amide bonds. The SMILES string of the molecule is Cc1ccnc(N2CCCN(C)CC2C)c1C#N. The van der Waals surface area contributed by atoms with Gasteiger partial charge in [0.2, 0.25) is 0 Å². The highest BCUT2D eigenvalue weighted by atomic mass is 15.3. The predicted molar refractivity (Wildman–Crippen MR) is 72.6 cm³/mol. The van der Waals surface area contributed by atoms with Crippen molar-refractivity contribution >= 4 is 5.82 Å². The van der Waals surface area contributed by atoms with Gasteiger partial charge in [0, 0.05) is 25.3 Å². The van der Waals surface area contributed by atoms with Crippen LogP contribution in [-0.4, -0.2) is 42.6 Å². The van der Waals surface area contributed by atoms with Gasteiger partial charge in [0.25, 0.3) is 0 Å². The van der Waals surface area contributed by atoms with E-state index in [-0.39, 0.29) is 0 Å². The first-order valence-electron chi connectivity index (χ1n) is 6.44. The maximum atomic E-state index is 9.31. The number of hydrogen-bond donors (Lipinski definition) is 0. The molecule has 1 unspecified atom stereocenters. The first kappa shape index (κ1) is 12.8. The van der Waals surface area contributed by atoms with E-state index in [0.717, 1.165) is 37.4 Å². The van der Waals surface area contributed by atoms with Crippen molar-refractivity contribution in [2.24, 2.45) is 0 Å². The summed E-state index contributed by atoms with van der Waals surface area (Å²) < 4.78 is 0. The molecule has 1 fully saturated rings. The second kappa shape index (κ2) is 5.36. The average molecular weight is 244 g/mol. The third-order valence-electron chi connectivity index (χ3n) is 3.57. The summed E-state index contributed by atoms with van der Waals surface area (Å²) in [7, 11) is 2.15. The average Bonchev–Trinajstić information content (AvgIpc) is 2.49. The van der Waals surface area contributed by atoms with E-state index >= 15 is 0 Å². The summed E-state index contributed by atoms with van der Waals surface area (Å²) in [5, 5.41) is 9.31. The summed E-state index contributed by atoms with van der Waals surface area (Å²) in [6.07, 6.45) is 2.91. The van der Waals surface area contributed by atoms with Crippen LogP contribution in [0.15, 0.2) is 12.3 Å². The highest BCUT2D eigenvalue weighted by Gasteiger charge is 2.23. The summed E-state index contributed by atoms with van der Waals surface area (Å²) >= 11 is 0. The maximum Gasteiger partial charge on any atom is 0.147 e. The fraction of sp³-hybridized carbons (Fsp3) is 0.571. The van der Waals surface area contributed by atoms with Crippen LogP contribution in [0, 0.1) is 18.3 Å². The third-order valence-corrected chi connectivity index (χ3v) is 3.57. The van der Waals surface area contributed by atoms with Crippen molar-refractivity contribution in [1.82, 2.24) is 9.88 Å². The molecule has 0 N–H and O–H groups in total. The number of pyridine rings is 1. The summed E-state index contributed by atoms with van der Waals surface area (Å²) in [6, 6.07) is 4.58. The van der Waals surface area contributed by atoms with Crippen LogP contribution in [0.4, 0.5) is 5.82 Å². The Labute approximate surface area is 109 Å². The molecule has 0 saturated carbocycles. The lowest BCUT2D eigenvalue weighted by Gasteiger charge is -2.30. The van der Waals surface area contributed by atoms with Gasteiger partial charge in [-0.3, -0.25) is 0 Å². The van der Waals surface area contributed by atoms with Crippen LogP contribution < -0.4 is 4.90 Å². The molecule has 0 radical (unpaired) electrons. The number of nitriles is 1. The number of hydrogen-bond acceptors (Lipinski definition) is 4. The molecule has 1 atom stereocenters. The van der Waals surface area contributed by atoms with Gasteiger partial charge in [0.15, 0.2) is 0 Å². The number of aromatic nitrogens is 1. The van der Waals surface area contributed by atoms with E-state index in [1.165, 1.54) is 0 Å². The van der Waals surface area contributed by atoms with Crippen molar-refractivity contribution in [2.45, 2.75) is 26.3 Å². The lowest BCUT2D eigenvalue weighted by molar-refractivity contribution is 0.337. The van der Waals surface area contributed by atoms with E-state index in [4.69, 9.17) is 0 Å². The van der Waals surface area contributed by atoms with Gasteiger partial charge in [-0.1, -0.05) is 0 Å². The van der Waals surface area contributed by atoms with Crippen LogP contribution in [-0.2, 0) is 0 Å². The predicted octanol–water partition coefficient (Wildman–Crippen LogP) is 1.79. The second-order valence-corrected chi connectivity index (χ2v) is 5.10. The molecule has 1 aliphatic heterocycles. The Morgan fingerprint density at radius 3 is 2.94 bits per heavy atom. The van der Waals surface area contributed by atoms with Crippen LogP contribution >= 0.6 is 0 Å². The van der Waals surface area contributed by atoms with Gasteiger partial charge in [-0.2, -0.15) is 5.26 Å². The molecule has 1 saturated heterocycles. The Morgan fingerprint density at radius 2 is 2.22 bits per heavy atom. The van der Waals surface area contributed by atoms with Gasteiger partial charge in [0.1, 0.15) is 11.9 Å². The van der Waals surface area contributed by atoms with E-state index in [2.05, 4.69) is 34.8 Å². The summed E-state index contributed by atoms with van der Waals surface area (Å²) in [5.41, 5.74) is 1.72. The molecule has 0 bridgehead atoms.